The Kier molecular flexibility index (Phi) is 4.40. The average molecular weight is 290 g/mol. The fraction of sp³-hybridized carbons (Fsp3) is 0.750. The average Bonchev–Trinajstić information content (AvgIpc) is 3.03. The summed E-state index contributed by atoms with van der Waals surface area (Å²) in [7, 11) is 2.18. The lowest BCUT2D eigenvalue weighted by atomic mass is 9.77. The van der Waals surface area contributed by atoms with E-state index in [0.29, 0.717) is 6.42 Å². The predicted molar refractivity (Wildman–Crippen MR) is 82.4 cm³/mol. The van der Waals surface area contributed by atoms with Gasteiger partial charge in [0, 0.05) is 50.5 Å². The second-order valence-electron chi connectivity index (χ2n) is 6.62. The molecule has 1 aliphatic carbocycles. The second kappa shape index (κ2) is 6.28. The minimum absolute atomic E-state index is 0.0842. The number of hydrogen-bond donors (Lipinski definition) is 0. The summed E-state index contributed by atoms with van der Waals surface area (Å²) in [6.07, 6.45) is 11.9. The number of carbonyl (C=O) groups is 1. The van der Waals surface area contributed by atoms with Gasteiger partial charge in [-0.15, -0.1) is 0 Å². The predicted octanol–water partition coefficient (Wildman–Crippen LogP) is 1.86. The third-order valence-corrected chi connectivity index (χ3v) is 5.23. The van der Waals surface area contributed by atoms with Gasteiger partial charge in [0.05, 0.1) is 0 Å². The highest BCUT2D eigenvalue weighted by atomic mass is 16.2. The summed E-state index contributed by atoms with van der Waals surface area (Å²) in [6.45, 7) is 4.41. The molecule has 0 aromatic carbocycles. The maximum Gasteiger partial charge on any atom is 0.233 e. The molecule has 1 aromatic heterocycles. The monoisotopic (exact) mass is 290 g/mol. The second-order valence-corrected chi connectivity index (χ2v) is 6.62. The van der Waals surface area contributed by atoms with Crippen LogP contribution in [0.2, 0.25) is 0 Å². The molecule has 0 N–H and O–H groups in total. The van der Waals surface area contributed by atoms with E-state index in [1.54, 1.807) is 23.3 Å². The molecule has 1 aliphatic heterocycles. The van der Waals surface area contributed by atoms with Crippen molar-refractivity contribution >= 4 is 5.91 Å². The van der Waals surface area contributed by atoms with Gasteiger partial charge in [0.15, 0.2) is 0 Å². The van der Waals surface area contributed by atoms with Crippen LogP contribution in [0.5, 0.6) is 0 Å². The molecule has 0 radical (unpaired) electrons. The summed E-state index contributed by atoms with van der Waals surface area (Å²) in [4.78, 5) is 21.6. The maximum atomic E-state index is 12.6. The van der Waals surface area contributed by atoms with Crippen molar-refractivity contribution in [2.24, 2.45) is 0 Å². The van der Waals surface area contributed by atoms with Crippen LogP contribution in [0.4, 0.5) is 0 Å². The van der Waals surface area contributed by atoms with Gasteiger partial charge in [-0.25, -0.2) is 4.98 Å². The van der Waals surface area contributed by atoms with Gasteiger partial charge < -0.3 is 4.90 Å². The van der Waals surface area contributed by atoms with E-state index in [9.17, 15) is 4.79 Å². The number of imidazole rings is 1. The first-order valence-electron chi connectivity index (χ1n) is 8.14. The Morgan fingerprint density at radius 3 is 2.48 bits per heavy atom. The van der Waals surface area contributed by atoms with Crippen LogP contribution in [-0.2, 0) is 0 Å². The number of rotatable bonds is 3. The zero-order chi connectivity index (χ0) is 14.7. The first-order chi connectivity index (χ1) is 10.2. The Balaban J connectivity index is 1.75. The van der Waals surface area contributed by atoms with Crippen molar-refractivity contribution in [2.75, 3.05) is 33.2 Å². The Bertz CT molecular complexity index is 457. The SMILES string of the molecule is CN1CCN(C2(CC(=O)n3ccnc3)CCCCC2)CC1. The molecule has 1 saturated heterocycles. The zero-order valence-corrected chi connectivity index (χ0v) is 13.0. The van der Waals surface area contributed by atoms with E-state index in [4.69, 9.17) is 0 Å². The van der Waals surface area contributed by atoms with Crippen LogP contribution in [0.25, 0.3) is 0 Å². The van der Waals surface area contributed by atoms with E-state index in [1.807, 2.05) is 0 Å². The molecule has 116 valence electrons. The molecular formula is C16H26N4O. The molecule has 21 heavy (non-hydrogen) atoms. The van der Waals surface area contributed by atoms with Gasteiger partial charge in [-0.05, 0) is 19.9 Å². The number of carbonyl (C=O) groups excluding carboxylic acids is 1. The number of hydrogen-bond acceptors (Lipinski definition) is 4. The molecule has 2 aliphatic rings. The van der Waals surface area contributed by atoms with Gasteiger partial charge in [0.25, 0.3) is 0 Å². The van der Waals surface area contributed by atoms with E-state index in [0.717, 1.165) is 39.0 Å². The van der Waals surface area contributed by atoms with Crippen LogP contribution in [0.15, 0.2) is 18.7 Å². The van der Waals surface area contributed by atoms with E-state index in [1.165, 1.54) is 19.3 Å². The molecule has 0 amide bonds. The molecule has 1 aromatic rings. The maximum absolute atomic E-state index is 12.6. The van der Waals surface area contributed by atoms with Crippen molar-refractivity contribution in [2.45, 2.75) is 44.1 Å². The molecule has 0 atom stereocenters. The minimum Gasteiger partial charge on any atom is -0.304 e. The van der Waals surface area contributed by atoms with Crippen molar-refractivity contribution in [3.63, 3.8) is 0 Å². The van der Waals surface area contributed by atoms with E-state index in [2.05, 4.69) is 21.8 Å². The summed E-state index contributed by atoms with van der Waals surface area (Å²) in [5.41, 5.74) is 0.0842. The normalized spacial score (nSPS) is 24.0. The van der Waals surface area contributed by atoms with Gasteiger partial charge in [-0.3, -0.25) is 14.3 Å². The Morgan fingerprint density at radius 2 is 1.86 bits per heavy atom. The summed E-state index contributed by atoms with van der Waals surface area (Å²) < 4.78 is 1.65. The molecule has 5 nitrogen and oxygen atoms in total. The Morgan fingerprint density at radius 1 is 1.14 bits per heavy atom. The first-order valence-corrected chi connectivity index (χ1v) is 8.14. The molecular weight excluding hydrogens is 264 g/mol. The summed E-state index contributed by atoms with van der Waals surface area (Å²) in [5, 5.41) is 0. The molecule has 0 spiro atoms. The van der Waals surface area contributed by atoms with Gasteiger partial charge in [-0.2, -0.15) is 0 Å². The third kappa shape index (κ3) is 3.19. The highest BCUT2D eigenvalue weighted by Gasteiger charge is 2.40. The minimum atomic E-state index is 0.0842. The van der Waals surface area contributed by atoms with Crippen molar-refractivity contribution < 1.29 is 4.79 Å². The van der Waals surface area contributed by atoms with Crippen LogP contribution >= 0.6 is 0 Å². The molecule has 0 bridgehead atoms. The van der Waals surface area contributed by atoms with Gasteiger partial charge in [0.2, 0.25) is 5.91 Å². The molecule has 0 unspecified atom stereocenters. The fourth-order valence-corrected chi connectivity index (χ4v) is 3.87. The zero-order valence-electron chi connectivity index (χ0n) is 13.0. The van der Waals surface area contributed by atoms with Gasteiger partial charge in [0.1, 0.15) is 6.33 Å². The smallest absolute Gasteiger partial charge is 0.233 e. The quantitative estimate of drug-likeness (QED) is 0.852. The molecule has 3 rings (SSSR count). The number of piperazine rings is 1. The summed E-state index contributed by atoms with van der Waals surface area (Å²) >= 11 is 0. The van der Waals surface area contributed by atoms with Crippen molar-refractivity contribution in [3.05, 3.63) is 18.7 Å². The number of nitrogens with zero attached hydrogens (tertiary/aromatic N) is 4. The lowest BCUT2D eigenvalue weighted by molar-refractivity contribution is 0.00742. The molecule has 2 fully saturated rings. The van der Waals surface area contributed by atoms with E-state index >= 15 is 0 Å². The largest absolute Gasteiger partial charge is 0.304 e. The lowest BCUT2D eigenvalue weighted by Crippen LogP contribution is -2.58. The van der Waals surface area contributed by atoms with Gasteiger partial charge >= 0.3 is 0 Å². The van der Waals surface area contributed by atoms with Crippen LogP contribution in [0, 0.1) is 0 Å². The van der Waals surface area contributed by atoms with Crippen LogP contribution < -0.4 is 0 Å². The highest BCUT2D eigenvalue weighted by Crippen LogP contribution is 2.37. The van der Waals surface area contributed by atoms with E-state index < -0.39 is 0 Å². The van der Waals surface area contributed by atoms with Crippen molar-refractivity contribution in [3.8, 4) is 0 Å². The summed E-state index contributed by atoms with van der Waals surface area (Å²) in [6, 6.07) is 0. The van der Waals surface area contributed by atoms with Crippen molar-refractivity contribution in [1.29, 1.82) is 0 Å². The van der Waals surface area contributed by atoms with Crippen LogP contribution in [-0.4, -0.2) is 64.0 Å². The van der Waals surface area contributed by atoms with Crippen LogP contribution in [0.3, 0.4) is 0 Å². The highest BCUT2D eigenvalue weighted by molar-refractivity contribution is 5.79. The molecule has 5 heteroatoms. The van der Waals surface area contributed by atoms with Crippen LogP contribution in [0.1, 0.15) is 43.3 Å². The van der Waals surface area contributed by atoms with E-state index in [-0.39, 0.29) is 11.4 Å². The number of likely N-dealkylation sites (N-methyl/N-ethyl adjacent to an activating group) is 1. The standard InChI is InChI=1S/C16H26N4O/c1-18-9-11-20(12-10-18)16(5-3-2-4-6-16)13-15(21)19-8-7-17-14-19/h7-8,14H,2-6,9-13H2,1H3. The van der Waals surface area contributed by atoms with Crippen molar-refractivity contribution in [1.82, 2.24) is 19.4 Å². The Hall–Kier alpha value is -1.20. The fourth-order valence-electron chi connectivity index (χ4n) is 3.87. The summed E-state index contributed by atoms with van der Waals surface area (Å²) in [5.74, 6) is 0.188. The Labute approximate surface area is 126 Å². The van der Waals surface area contributed by atoms with Gasteiger partial charge in [-0.1, -0.05) is 19.3 Å². The first kappa shape index (κ1) is 14.7. The lowest BCUT2D eigenvalue weighted by Gasteiger charge is -2.49. The topological polar surface area (TPSA) is 41.4 Å². The third-order valence-electron chi connectivity index (χ3n) is 5.23. The molecule has 1 saturated carbocycles. The number of aromatic nitrogens is 2. The molecule has 2 heterocycles.